The molecule has 1 N–H and O–H groups in total. The van der Waals surface area contributed by atoms with Gasteiger partial charge in [-0.05, 0) is 43.5 Å². The number of alkyl halides is 3. The molecule has 2 heterocycles. The van der Waals surface area contributed by atoms with E-state index in [1.54, 1.807) is 23.7 Å². The summed E-state index contributed by atoms with van der Waals surface area (Å²) in [7, 11) is 0. The Labute approximate surface area is 200 Å². The van der Waals surface area contributed by atoms with Gasteiger partial charge in [-0.25, -0.2) is 9.07 Å². The second-order valence-corrected chi connectivity index (χ2v) is 7.97. The number of rotatable bonds is 6. The van der Waals surface area contributed by atoms with Crippen molar-refractivity contribution in [3.63, 3.8) is 0 Å². The number of carbonyl (C=O) groups excluding carboxylic acids is 1. The van der Waals surface area contributed by atoms with Crippen LogP contribution in [-0.4, -0.2) is 25.5 Å². The largest absolute Gasteiger partial charge is 0.436 e. The summed E-state index contributed by atoms with van der Waals surface area (Å²) in [5.41, 5.74) is 0.486. The first-order valence-electron chi connectivity index (χ1n) is 10.9. The average molecular weight is 502 g/mol. The average Bonchev–Trinajstić information content (AvgIpc) is 3.32. The number of hydrogen-bond acceptors (Lipinski definition) is 3. The van der Waals surface area contributed by atoms with Crippen LogP contribution in [0.4, 0.5) is 23.2 Å². The molecule has 0 aliphatic carbocycles. The minimum atomic E-state index is -4.73. The molecular weight excluding hydrogens is 474 g/mol. The Morgan fingerprint density at radius 3 is 2.24 bits per heavy atom. The van der Waals surface area contributed by atoms with E-state index in [0.717, 1.165) is 4.68 Å². The van der Waals surface area contributed by atoms with Crippen molar-refractivity contribution in [2.45, 2.75) is 66.1 Å². The summed E-state index contributed by atoms with van der Waals surface area (Å²) in [4.78, 5) is 13.0. The van der Waals surface area contributed by atoms with Crippen molar-refractivity contribution in [3.8, 4) is 5.69 Å². The second-order valence-electron chi connectivity index (χ2n) is 7.59. The van der Waals surface area contributed by atoms with Gasteiger partial charge in [0.15, 0.2) is 5.69 Å². The van der Waals surface area contributed by atoms with E-state index in [4.69, 9.17) is 11.6 Å². The zero-order chi connectivity index (χ0) is 25.8. The molecule has 0 aliphatic heterocycles. The fraction of sp³-hybridized carbons (Fsp3) is 0.435. The van der Waals surface area contributed by atoms with Crippen LogP contribution in [0.25, 0.3) is 5.69 Å². The summed E-state index contributed by atoms with van der Waals surface area (Å²) in [6, 6.07) is 4.70. The maximum Gasteiger partial charge on any atom is 0.436 e. The highest BCUT2D eigenvalue weighted by molar-refractivity contribution is 6.32. The molecular formula is C23H28ClF4N5O. The van der Waals surface area contributed by atoms with Gasteiger partial charge in [-0.1, -0.05) is 46.2 Å². The molecule has 0 aliphatic rings. The summed E-state index contributed by atoms with van der Waals surface area (Å²) in [6.07, 6.45) is -3.10. The summed E-state index contributed by atoms with van der Waals surface area (Å²) >= 11 is 5.84. The predicted octanol–water partition coefficient (Wildman–Crippen LogP) is 6.93. The molecule has 3 rings (SSSR count). The number of carbonyl (C=O) groups is 1. The molecule has 0 fully saturated rings. The molecule has 0 bridgehead atoms. The van der Waals surface area contributed by atoms with Crippen LogP contribution < -0.4 is 5.32 Å². The Hall–Kier alpha value is -2.88. The van der Waals surface area contributed by atoms with Gasteiger partial charge in [0, 0.05) is 0 Å². The number of amides is 1. The van der Waals surface area contributed by atoms with E-state index in [9.17, 15) is 22.4 Å². The van der Waals surface area contributed by atoms with Gasteiger partial charge in [-0.2, -0.15) is 23.4 Å². The maximum absolute atomic E-state index is 13.3. The molecule has 0 spiro atoms. The number of hydrogen-bond donors (Lipinski definition) is 1. The number of anilines is 1. The summed E-state index contributed by atoms with van der Waals surface area (Å²) in [6.45, 7) is 10.8. The van der Waals surface area contributed by atoms with Crippen molar-refractivity contribution in [1.29, 1.82) is 0 Å². The molecule has 0 saturated heterocycles. The van der Waals surface area contributed by atoms with Crippen molar-refractivity contribution in [2.75, 3.05) is 5.32 Å². The molecule has 0 radical (unpaired) electrons. The van der Waals surface area contributed by atoms with Crippen LogP contribution in [0, 0.1) is 12.7 Å². The lowest BCUT2D eigenvalue weighted by molar-refractivity contribution is -0.141. The fourth-order valence-electron chi connectivity index (χ4n) is 3.47. The Balaban J connectivity index is 0.00000199. The molecule has 11 heteroatoms. The molecule has 186 valence electrons. The number of nitrogens with zero attached hydrogens (tertiary/aromatic N) is 4. The lowest BCUT2D eigenvalue weighted by Crippen LogP contribution is -2.28. The van der Waals surface area contributed by atoms with Gasteiger partial charge >= 0.3 is 6.18 Å². The van der Waals surface area contributed by atoms with Crippen molar-refractivity contribution >= 4 is 23.2 Å². The third-order valence-corrected chi connectivity index (χ3v) is 5.46. The highest BCUT2D eigenvalue weighted by Gasteiger charge is 2.39. The van der Waals surface area contributed by atoms with Crippen LogP contribution >= 0.6 is 11.6 Å². The van der Waals surface area contributed by atoms with Crippen LogP contribution in [0.15, 0.2) is 30.5 Å². The Morgan fingerprint density at radius 1 is 1.18 bits per heavy atom. The van der Waals surface area contributed by atoms with E-state index in [1.165, 1.54) is 25.3 Å². The van der Waals surface area contributed by atoms with Crippen LogP contribution in [-0.2, 0) is 11.0 Å². The first kappa shape index (κ1) is 27.4. The number of benzene rings is 1. The Bertz CT molecular complexity index is 1120. The molecule has 1 amide bonds. The highest BCUT2D eigenvalue weighted by Crippen LogP contribution is 2.37. The molecule has 2 aromatic heterocycles. The van der Waals surface area contributed by atoms with Crippen LogP contribution in [0.1, 0.15) is 70.1 Å². The molecule has 1 unspecified atom stereocenters. The smallest absolute Gasteiger partial charge is 0.321 e. The SMILES string of the molecule is CC.CCC(C(=O)Nc1cnn(-c2ccc(F)cc2)c1C(C)C)n1nc(C(F)(F)F)c(Cl)c1C. The standard InChI is InChI=1S/C21H22ClF4N5O.C2H6/c1-5-16(30-12(4)17(22)19(29-30)21(24,25)26)20(32)28-15-10-27-31(18(15)11(2)3)14-8-6-13(23)7-9-14;1-2/h6-11,16H,5H2,1-4H3,(H,28,32);1-2H3. The predicted molar refractivity (Wildman–Crippen MR) is 124 cm³/mol. The van der Waals surface area contributed by atoms with Crippen molar-refractivity contribution < 1.29 is 22.4 Å². The molecule has 1 atom stereocenters. The van der Waals surface area contributed by atoms with Gasteiger partial charge in [0.2, 0.25) is 5.91 Å². The zero-order valence-electron chi connectivity index (χ0n) is 19.8. The van der Waals surface area contributed by atoms with Crippen molar-refractivity contribution in [2.24, 2.45) is 0 Å². The van der Waals surface area contributed by atoms with Crippen LogP contribution in [0.3, 0.4) is 0 Å². The topological polar surface area (TPSA) is 64.7 Å². The van der Waals surface area contributed by atoms with Gasteiger partial charge < -0.3 is 5.32 Å². The van der Waals surface area contributed by atoms with Crippen molar-refractivity contribution in [1.82, 2.24) is 19.6 Å². The van der Waals surface area contributed by atoms with Crippen molar-refractivity contribution in [3.05, 3.63) is 58.4 Å². The summed E-state index contributed by atoms with van der Waals surface area (Å²) < 4.78 is 55.4. The molecule has 6 nitrogen and oxygen atoms in total. The minimum absolute atomic E-state index is 0.0482. The third kappa shape index (κ3) is 5.60. The Morgan fingerprint density at radius 2 is 1.76 bits per heavy atom. The van der Waals surface area contributed by atoms with E-state index in [-0.39, 0.29) is 18.0 Å². The third-order valence-electron chi connectivity index (χ3n) is 5.01. The molecule has 34 heavy (non-hydrogen) atoms. The van der Waals surface area contributed by atoms with Crippen LogP contribution in [0.2, 0.25) is 5.02 Å². The van der Waals surface area contributed by atoms with Gasteiger partial charge in [-0.3, -0.25) is 9.48 Å². The van der Waals surface area contributed by atoms with E-state index >= 15 is 0 Å². The maximum atomic E-state index is 13.3. The first-order chi connectivity index (χ1) is 16.0. The van der Waals surface area contributed by atoms with Crippen LogP contribution in [0.5, 0.6) is 0 Å². The fourth-order valence-corrected chi connectivity index (χ4v) is 3.70. The number of halogens is 5. The monoisotopic (exact) mass is 501 g/mol. The van der Waals surface area contributed by atoms with Gasteiger partial charge in [0.05, 0.1) is 34.0 Å². The Kier molecular flexibility index (Phi) is 8.88. The molecule has 0 saturated carbocycles. The minimum Gasteiger partial charge on any atom is -0.321 e. The van der Waals surface area contributed by atoms with Gasteiger partial charge in [-0.15, -0.1) is 0 Å². The summed E-state index contributed by atoms with van der Waals surface area (Å²) in [5.74, 6) is -1.02. The molecule has 1 aromatic carbocycles. The number of nitrogens with one attached hydrogen (secondary N) is 1. The normalized spacial score (nSPS) is 12.4. The highest BCUT2D eigenvalue weighted by atomic mass is 35.5. The van der Waals surface area contributed by atoms with E-state index in [0.29, 0.717) is 17.1 Å². The molecule has 3 aromatic rings. The van der Waals surface area contributed by atoms with E-state index < -0.39 is 34.7 Å². The van der Waals surface area contributed by atoms with Gasteiger partial charge in [0.1, 0.15) is 11.9 Å². The first-order valence-corrected chi connectivity index (χ1v) is 11.3. The summed E-state index contributed by atoms with van der Waals surface area (Å²) in [5, 5.41) is 10.1. The lowest BCUT2D eigenvalue weighted by atomic mass is 10.1. The van der Waals surface area contributed by atoms with E-state index in [1.807, 2.05) is 27.7 Å². The van der Waals surface area contributed by atoms with Gasteiger partial charge in [0.25, 0.3) is 0 Å². The lowest BCUT2D eigenvalue weighted by Gasteiger charge is -2.18. The van der Waals surface area contributed by atoms with E-state index in [2.05, 4.69) is 15.5 Å². The second kappa shape index (κ2) is 11.0. The quantitative estimate of drug-likeness (QED) is 0.372. The number of aromatic nitrogens is 4. The zero-order valence-corrected chi connectivity index (χ0v) is 20.6.